The number of H-pyrrole nitrogens is 1. The van der Waals surface area contributed by atoms with Gasteiger partial charge < -0.3 is 29.6 Å². The number of aryl methyl sites for hydroxylation is 2. The van der Waals surface area contributed by atoms with E-state index in [2.05, 4.69) is 11.1 Å². The van der Waals surface area contributed by atoms with Crippen LogP contribution >= 0.6 is 0 Å². The first-order chi connectivity index (χ1) is 17.7. The minimum atomic E-state index is -0.272. The van der Waals surface area contributed by atoms with Gasteiger partial charge in [0, 0.05) is 49.0 Å². The number of rotatable bonds is 3. The fourth-order valence-corrected chi connectivity index (χ4v) is 5.62. The van der Waals surface area contributed by atoms with Crippen LogP contribution in [0.2, 0.25) is 0 Å². The molecule has 0 saturated carbocycles. The smallest absolute Gasteiger partial charge is 0.290 e. The Labute approximate surface area is 214 Å². The predicted octanol–water partition coefficient (Wildman–Crippen LogP) is 1.14. The summed E-state index contributed by atoms with van der Waals surface area (Å²) < 4.78 is 1.92. The van der Waals surface area contributed by atoms with E-state index in [0.717, 1.165) is 54.6 Å². The quantitative estimate of drug-likeness (QED) is 0.516. The Kier molecular flexibility index (Phi) is 9.40. The van der Waals surface area contributed by atoms with E-state index in [1.165, 1.54) is 0 Å². The molecule has 11 heteroatoms. The summed E-state index contributed by atoms with van der Waals surface area (Å²) >= 11 is 0. The van der Waals surface area contributed by atoms with E-state index >= 15 is 0 Å². The van der Waals surface area contributed by atoms with Crippen molar-refractivity contribution in [1.29, 1.82) is 0 Å². The minimum absolute atomic E-state index is 0.0896. The van der Waals surface area contributed by atoms with Crippen LogP contribution in [0.15, 0.2) is 27.8 Å². The second-order valence-corrected chi connectivity index (χ2v) is 9.88. The molecule has 5 rings (SSSR count). The molecule has 2 bridgehead atoms. The van der Waals surface area contributed by atoms with Crippen LogP contribution in [0.4, 0.5) is 0 Å². The van der Waals surface area contributed by atoms with Gasteiger partial charge >= 0.3 is 0 Å². The monoisotopic (exact) mass is 514 g/mol. The van der Waals surface area contributed by atoms with E-state index < -0.39 is 0 Å². The first kappa shape index (κ1) is 27.9. The molecule has 2 atom stereocenters. The van der Waals surface area contributed by atoms with Gasteiger partial charge in [0.05, 0.1) is 0 Å². The zero-order valence-electron chi connectivity index (χ0n) is 21.2. The molecular formula is C26H34N4O7. The summed E-state index contributed by atoms with van der Waals surface area (Å²) in [5, 5.41) is 13.8. The van der Waals surface area contributed by atoms with Crippen LogP contribution in [0.5, 0.6) is 0 Å². The van der Waals surface area contributed by atoms with Gasteiger partial charge in [0.25, 0.3) is 30.0 Å². The molecular weight excluding hydrogens is 480 g/mol. The van der Waals surface area contributed by atoms with Crippen LogP contribution in [0, 0.1) is 5.92 Å². The summed E-state index contributed by atoms with van der Waals surface area (Å²) in [4.78, 5) is 62.5. The Bertz CT molecular complexity index is 1240. The third kappa shape index (κ3) is 6.34. The molecule has 1 amide bonds. The Balaban J connectivity index is 0.000000580. The largest absolute Gasteiger partial charge is 0.483 e. The number of hydrogen-bond donors (Lipinski definition) is 3. The Hall–Kier alpha value is -3.73. The van der Waals surface area contributed by atoms with Crippen LogP contribution in [-0.2, 0) is 35.5 Å². The fraction of sp³-hybridized carbons (Fsp3) is 0.500. The van der Waals surface area contributed by atoms with Gasteiger partial charge in [-0.15, -0.1) is 0 Å². The van der Waals surface area contributed by atoms with Crippen molar-refractivity contribution in [1.82, 2.24) is 19.4 Å². The van der Waals surface area contributed by atoms with E-state index in [1.807, 2.05) is 40.6 Å². The number of aromatic amines is 1. The molecule has 2 aromatic rings. The summed E-state index contributed by atoms with van der Waals surface area (Å²) in [6.07, 6.45) is 4.97. The van der Waals surface area contributed by atoms with Crippen LogP contribution in [0.3, 0.4) is 0 Å². The molecule has 37 heavy (non-hydrogen) atoms. The lowest BCUT2D eigenvalue weighted by molar-refractivity contribution is -0.123. The minimum Gasteiger partial charge on any atom is -0.483 e. The molecule has 1 aliphatic carbocycles. The third-order valence-corrected chi connectivity index (χ3v) is 7.03. The number of piperidine rings is 1. The maximum atomic E-state index is 13.3. The topological polar surface area (TPSA) is 153 Å². The van der Waals surface area contributed by atoms with Gasteiger partial charge in [-0.05, 0) is 69.8 Å². The number of aromatic nitrogens is 2. The highest BCUT2D eigenvalue weighted by atomic mass is 16.3. The van der Waals surface area contributed by atoms with E-state index in [-0.39, 0.29) is 47.4 Å². The molecule has 4 heterocycles. The van der Waals surface area contributed by atoms with Crippen molar-refractivity contribution in [2.24, 2.45) is 5.92 Å². The molecule has 1 saturated heterocycles. The Morgan fingerprint density at radius 2 is 1.76 bits per heavy atom. The van der Waals surface area contributed by atoms with Gasteiger partial charge in [0.2, 0.25) is 0 Å². The highest BCUT2D eigenvalue weighted by Crippen LogP contribution is 2.35. The number of amides is 1. The SMILES string of the molecule is CN(C)Cc1ccc2n(c1=O)C[C@H]1C[C@@H]2CN(C(=O)c2cc3c([nH]c2=O)CCCC3)C1.O=CO.O=CO. The molecule has 11 nitrogen and oxygen atoms in total. The molecule has 0 aromatic carbocycles. The normalized spacial score (nSPS) is 19.3. The van der Waals surface area contributed by atoms with Gasteiger partial charge in [-0.1, -0.05) is 6.07 Å². The zero-order valence-corrected chi connectivity index (χ0v) is 21.2. The number of fused-ring (bicyclic) bond motifs is 5. The summed E-state index contributed by atoms with van der Waals surface area (Å²) in [5.41, 5.74) is 4.00. The fourth-order valence-electron chi connectivity index (χ4n) is 5.62. The average Bonchev–Trinajstić information content (AvgIpc) is 2.86. The van der Waals surface area contributed by atoms with Crippen molar-refractivity contribution in [3.05, 3.63) is 67.0 Å². The number of nitrogens with one attached hydrogen (secondary N) is 1. The van der Waals surface area contributed by atoms with Gasteiger partial charge in [0.1, 0.15) is 5.56 Å². The van der Waals surface area contributed by atoms with Crippen LogP contribution in [-0.4, -0.2) is 75.6 Å². The number of carbonyl (C=O) groups excluding carboxylic acids is 1. The first-order valence-electron chi connectivity index (χ1n) is 12.3. The zero-order chi connectivity index (χ0) is 27.1. The summed E-state index contributed by atoms with van der Waals surface area (Å²) in [7, 11) is 3.92. The summed E-state index contributed by atoms with van der Waals surface area (Å²) in [6, 6.07) is 5.82. The molecule has 2 aliphatic heterocycles. The van der Waals surface area contributed by atoms with Crippen molar-refractivity contribution in [2.75, 3.05) is 27.2 Å². The van der Waals surface area contributed by atoms with Crippen molar-refractivity contribution in [3.63, 3.8) is 0 Å². The molecule has 0 spiro atoms. The number of hydrogen-bond acceptors (Lipinski definition) is 6. The molecule has 3 aliphatic rings. The van der Waals surface area contributed by atoms with Crippen LogP contribution < -0.4 is 11.1 Å². The average molecular weight is 515 g/mol. The van der Waals surface area contributed by atoms with Crippen LogP contribution in [0.1, 0.15) is 58.1 Å². The van der Waals surface area contributed by atoms with E-state index in [1.54, 1.807) is 0 Å². The number of nitrogens with zero attached hydrogens (tertiary/aromatic N) is 3. The highest BCUT2D eigenvalue weighted by molar-refractivity contribution is 5.94. The molecule has 2 aromatic heterocycles. The van der Waals surface area contributed by atoms with E-state index in [4.69, 9.17) is 19.8 Å². The molecule has 0 radical (unpaired) electrons. The van der Waals surface area contributed by atoms with E-state index in [9.17, 15) is 14.4 Å². The van der Waals surface area contributed by atoms with Gasteiger partial charge in [-0.2, -0.15) is 0 Å². The predicted molar refractivity (Wildman–Crippen MR) is 136 cm³/mol. The Morgan fingerprint density at radius 1 is 1.08 bits per heavy atom. The summed E-state index contributed by atoms with van der Waals surface area (Å²) in [5.74, 6) is 0.192. The van der Waals surface area contributed by atoms with Gasteiger partial charge in [-0.25, -0.2) is 0 Å². The lowest BCUT2D eigenvalue weighted by Crippen LogP contribution is -2.50. The van der Waals surface area contributed by atoms with Crippen molar-refractivity contribution in [3.8, 4) is 0 Å². The van der Waals surface area contributed by atoms with Crippen molar-refractivity contribution >= 4 is 18.9 Å². The molecule has 0 unspecified atom stereocenters. The number of likely N-dealkylation sites (tertiary alicyclic amines) is 1. The van der Waals surface area contributed by atoms with Gasteiger partial charge in [0.15, 0.2) is 0 Å². The lowest BCUT2D eigenvalue weighted by atomic mass is 9.82. The number of carbonyl (C=O) groups is 3. The van der Waals surface area contributed by atoms with Crippen molar-refractivity contribution < 1.29 is 24.6 Å². The number of pyridine rings is 2. The standard InChI is InChI=1S/C24H30N4O3.2CH2O2/c1-26(2)13-17-7-8-21-18-9-15(12-28(21)23(17)30)11-27(14-18)24(31)19-10-16-5-3-4-6-20(16)25-22(19)29;2*2-1-3/h7-8,10,15,18H,3-6,9,11-14H2,1-2H3,(H,25,29);2*1H,(H,2,3)/t15-,18+;;/m0../s1. The lowest BCUT2D eigenvalue weighted by Gasteiger charge is -2.43. The summed E-state index contributed by atoms with van der Waals surface area (Å²) in [6.45, 7) is 1.91. The Morgan fingerprint density at radius 3 is 2.43 bits per heavy atom. The second-order valence-electron chi connectivity index (χ2n) is 9.88. The van der Waals surface area contributed by atoms with Crippen molar-refractivity contribution in [2.45, 2.75) is 51.1 Å². The molecule has 3 N–H and O–H groups in total. The molecule has 1 fully saturated rings. The maximum Gasteiger partial charge on any atom is 0.290 e. The maximum absolute atomic E-state index is 13.3. The van der Waals surface area contributed by atoms with Crippen LogP contribution in [0.25, 0.3) is 0 Å². The molecule has 200 valence electrons. The second kappa shape index (κ2) is 12.5. The first-order valence-corrected chi connectivity index (χ1v) is 12.3. The highest BCUT2D eigenvalue weighted by Gasteiger charge is 2.37. The third-order valence-electron chi connectivity index (χ3n) is 7.03. The van der Waals surface area contributed by atoms with Gasteiger partial charge in [-0.3, -0.25) is 24.0 Å². The van der Waals surface area contributed by atoms with E-state index in [0.29, 0.717) is 26.2 Å². The number of carboxylic acid groups (broad SMARTS) is 2.